The Hall–Kier alpha value is -3.15. The van der Waals surface area contributed by atoms with Gasteiger partial charge >= 0.3 is 0 Å². The Labute approximate surface area is 171 Å². The van der Waals surface area contributed by atoms with Gasteiger partial charge in [-0.15, -0.1) is 0 Å². The number of ether oxygens (including phenoxy) is 1. The SMILES string of the molecule is CCOc1ccc(C(=O)NNC(=O)CCC(=O)c2ccc(CC(C)C)cc2)cc1. The fourth-order valence-corrected chi connectivity index (χ4v) is 2.80. The van der Waals surface area contributed by atoms with Gasteiger partial charge in [0.15, 0.2) is 5.78 Å². The predicted octanol–water partition coefficient (Wildman–Crippen LogP) is 3.71. The summed E-state index contributed by atoms with van der Waals surface area (Å²) in [6.07, 6.45) is 1.04. The highest BCUT2D eigenvalue weighted by molar-refractivity contribution is 5.98. The lowest BCUT2D eigenvalue weighted by Gasteiger charge is -2.09. The highest BCUT2D eigenvalue weighted by atomic mass is 16.5. The number of amides is 2. The van der Waals surface area contributed by atoms with E-state index in [1.165, 1.54) is 5.56 Å². The lowest BCUT2D eigenvalue weighted by atomic mass is 9.99. The van der Waals surface area contributed by atoms with E-state index in [1.54, 1.807) is 36.4 Å². The first-order valence-electron chi connectivity index (χ1n) is 9.83. The molecule has 2 aromatic carbocycles. The normalized spacial score (nSPS) is 10.5. The summed E-state index contributed by atoms with van der Waals surface area (Å²) in [6, 6.07) is 14.1. The van der Waals surface area contributed by atoms with Crippen LogP contribution in [0.3, 0.4) is 0 Å². The fourth-order valence-electron chi connectivity index (χ4n) is 2.80. The largest absolute Gasteiger partial charge is 0.494 e. The van der Waals surface area contributed by atoms with Gasteiger partial charge in [0, 0.05) is 24.0 Å². The van der Waals surface area contributed by atoms with Crippen LogP contribution in [0.5, 0.6) is 5.75 Å². The molecule has 0 aliphatic rings. The standard InChI is InChI=1S/C23H28N2O4/c1-4-29-20-11-9-19(10-12-20)23(28)25-24-22(27)14-13-21(26)18-7-5-17(6-8-18)15-16(2)3/h5-12,16H,4,13-15H2,1-3H3,(H,24,27)(H,25,28). The summed E-state index contributed by atoms with van der Waals surface area (Å²) in [4.78, 5) is 36.2. The number of ketones is 1. The van der Waals surface area contributed by atoms with Crippen molar-refractivity contribution in [3.63, 3.8) is 0 Å². The second-order valence-corrected chi connectivity index (χ2v) is 7.18. The molecule has 0 saturated carbocycles. The van der Waals surface area contributed by atoms with Crippen molar-refractivity contribution >= 4 is 17.6 Å². The molecule has 29 heavy (non-hydrogen) atoms. The van der Waals surface area contributed by atoms with Crippen molar-refractivity contribution < 1.29 is 19.1 Å². The Morgan fingerprint density at radius 1 is 0.862 bits per heavy atom. The molecule has 2 N–H and O–H groups in total. The van der Waals surface area contributed by atoms with Crippen LogP contribution >= 0.6 is 0 Å². The molecular weight excluding hydrogens is 368 g/mol. The minimum atomic E-state index is -0.437. The Bertz CT molecular complexity index is 827. The van der Waals surface area contributed by atoms with Crippen LogP contribution in [0.4, 0.5) is 0 Å². The Balaban J connectivity index is 1.76. The number of nitrogens with one attached hydrogen (secondary N) is 2. The molecule has 0 saturated heterocycles. The molecule has 0 bridgehead atoms. The molecular formula is C23H28N2O4. The number of carbonyl (C=O) groups is 3. The van der Waals surface area contributed by atoms with E-state index in [-0.39, 0.29) is 18.6 Å². The maximum atomic E-state index is 12.2. The van der Waals surface area contributed by atoms with E-state index in [1.807, 2.05) is 19.1 Å². The number of hydrogen-bond acceptors (Lipinski definition) is 4. The molecule has 0 atom stereocenters. The molecule has 2 rings (SSSR count). The van der Waals surface area contributed by atoms with Crippen molar-refractivity contribution in [2.45, 2.75) is 40.0 Å². The van der Waals surface area contributed by atoms with Crippen LogP contribution in [0.1, 0.15) is 59.9 Å². The van der Waals surface area contributed by atoms with Crippen LogP contribution in [0.2, 0.25) is 0 Å². The summed E-state index contributed by atoms with van der Waals surface area (Å²) in [6.45, 7) is 6.71. The van der Waals surface area contributed by atoms with Gasteiger partial charge in [-0.3, -0.25) is 25.2 Å². The van der Waals surface area contributed by atoms with Crippen LogP contribution in [0.25, 0.3) is 0 Å². The number of carbonyl (C=O) groups excluding carboxylic acids is 3. The molecule has 0 radical (unpaired) electrons. The first-order valence-corrected chi connectivity index (χ1v) is 9.83. The molecule has 0 aromatic heterocycles. The average molecular weight is 396 g/mol. The molecule has 154 valence electrons. The maximum absolute atomic E-state index is 12.2. The molecule has 0 spiro atoms. The Morgan fingerprint density at radius 3 is 2.07 bits per heavy atom. The van der Waals surface area contributed by atoms with Crippen molar-refractivity contribution in [1.82, 2.24) is 10.9 Å². The van der Waals surface area contributed by atoms with E-state index in [4.69, 9.17) is 4.74 Å². The van der Waals surface area contributed by atoms with Gasteiger partial charge in [0.25, 0.3) is 5.91 Å². The maximum Gasteiger partial charge on any atom is 0.269 e. The summed E-state index contributed by atoms with van der Waals surface area (Å²) in [5.74, 6) is 0.263. The van der Waals surface area contributed by atoms with Crippen LogP contribution < -0.4 is 15.6 Å². The summed E-state index contributed by atoms with van der Waals surface area (Å²) >= 11 is 0. The minimum Gasteiger partial charge on any atom is -0.494 e. The molecule has 0 unspecified atom stereocenters. The van der Waals surface area contributed by atoms with Crippen molar-refractivity contribution in [2.24, 2.45) is 5.92 Å². The summed E-state index contributed by atoms with van der Waals surface area (Å²) in [5.41, 5.74) is 6.85. The van der Waals surface area contributed by atoms with E-state index in [0.717, 1.165) is 6.42 Å². The van der Waals surface area contributed by atoms with E-state index in [2.05, 4.69) is 24.7 Å². The quantitative estimate of drug-likeness (QED) is 0.500. The zero-order chi connectivity index (χ0) is 21.2. The molecule has 2 aromatic rings. The highest BCUT2D eigenvalue weighted by Gasteiger charge is 2.11. The summed E-state index contributed by atoms with van der Waals surface area (Å²) in [5, 5.41) is 0. The lowest BCUT2D eigenvalue weighted by molar-refractivity contribution is -0.121. The number of hydrogen-bond donors (Lipinski definition) is 2. The van der Waals surface area contributed by atoms with Gasteiger partial charge in [0.1, 0.15) is 5.75 Å². The van der Waals surface area contributed by atoms with Crippen molar-refractivity contribution in [3.8, 4) is 5.75 Å². The molecule has 2 amide bonds. The predicted molar refractivity (Wildman–Crippen MR) is 112 cm³/mol. The van der Waals surface area contributed by atoms with E-state index in [9.17, 15) is 14.4 Å². The second-order valence-electron chi connectivity index (χ2n) is 7.18. The van der Waals surface area contributed by atoms with Crippen LogP contribution in [0.15, 0.2) is 48.5 Å². The Kier molecular flexibility index (Phi) is 8.40. The van der Waals surface area contributed by atoms with Crippen LogP contribution in [-0.2, 0) is 11.2 Å². The van der Waals surface area contributed by atoms with Gasteiger partial charge in [0.05, 0.1) is 6.61 Å². The van der Waals surface area contributed by atoms with Gasteiger partial charge in [-0.2, -0.15) is 0 Å². The van der Waals surface area contributed by atoms with Crippen molar-refractivity contribution in [3.05, 3.63) is 65.2 Å². The first kappa shape index (κ1) is 22.1. The third kappa shape index (κ3) is 7.41. The highest BCUT2D eigenvalue weighted by Crippen LogP contribution is 2.13. The third-order valence-corrected chi connectivity index (χ3v) is 4.24. The zero-order valence-electron chi connectivity index (χ0n) is 17.2. The number of Topliss-reactive ketones (excluding diaryl/α,β-unsaturated/α-hetero) is 1. The van der Waals surface area contributed by atoms with Gasteiger partial charge < -0.3 is 4.74 Å². The number of hydrazine groups is 1. The van der Waals surface area contributed by atoms with Crippen molar-refractivity contribution in [1.29, 1.82) is 0 Å². The van der Waals surface area contributed by atoms with Gasteiger partial charge in [-0.05, 0) is 49.1 Å². The average Bonchev–Trinajstić information content (AvgIpc) is 2.71. The lowest BCUT2D eigenvalue weighted by Crippen LogP contribution is -2.41. The molecule has 0 fully saturated rings. The van der Waals surface area contributed by atoms with E-state index in [0.29, 0.717) is 29.4 Å². The molecule has 0 aliphatic heterocycles. The summed E-state index contributed by atoms with van der Waals surface area (Å²) in [7, 11) is 0. The topological polar surface area (TPSA) is 84.5 Å². The second kappa shape index (κ2) is 11.0. The molecule has 6 nitrogen and oxygen atoms in total. The number of benzene rings is 2. The number of rotatable bonds is 9. The molecule has 0 aliphatic carbocycles. The van der Waals surface area contributed by atoms with E-state index < -0.39 is 11.8 Å². The van der Waals surface area contributed by atoms with Crippen molar-refractivity contribution in [2.75, 3.05) is 6.61 Å². The van der Waals surface area contributed by atoms with Gasteiger partial charge in [-0.25, -0.2) is 0 Å². The van der Waals surface area contributed by atoms with Gasteiger partial charge in [0.2, 0.25) is 5.91 Å². The molecule has 6 heteroatoms. The van der Waals surface area contributed by atoms with E-state index >= 15 is 0 Å². The van der Waals surface area contributed by atoms with Gasteiger partial charge in [-0.1, -0.05) is 38.1 Å². The third-order valence-electron chi connectivity index (χ3n) is 4.24. The Morgan fingerprint density at radius 2 is 1.48 bits per heavy atom. The fraction of sp³-hybridized carbons (Fsp3) is 0.348. The summed E-state index contributed by atoms with van der Waals surface area (Å²) < 4.78 is 5.32. The van der Waals surface area contributed by atoms with Crippen LogP contribution in [-0.4, -0.2) is 24.2 Å². The van der Waals surface area contributed by atoms with Crippen LogP contribution in [0, 0.1) is 5.92 Å². The smallest absolute Gasteiger partial charge is 0.269 e. The minimum absolute atomic E-state index is 0.00383. The first-order chi connectivity index (χ1) is 13.9. The zero-order valence-corrected chi connectivity index (χ0v) is 17.2. The molecule has 0 heterocycles. The monoisotopic (exact) mass is 396 g/mol.